The van der Waals surface area contributed by atoms with Crippen LogP contribution in [0.5, 0.6) is 0 Å². The van der Waals surface area contributed by atoms with Crippen molar-refractivity contribution in [2.75, 3.05) is 7.05 Å². The normalized spacial score (nSPS) is 37.9. The van der Waals surface area contributed by atoms with Crippen LogP contribution in [0.3, 0.4) is 0 Å². The predicted octanol–water partition coefficient (Wildman–Crippen LogP) is 2.60. The lowest BCUT2D eigenvalue weighted by Crippen LogP contribution is -2.39. The first-order valence-electron chi connectivity index (χ1n) is 6.05. The van der Waals surface area contributed by atoms with E-state index in [2.05, 4.69) is 39.7 Å². The molecule has 0 bridgehead atoms. The van der Waals surface area contributed by atoms with Crippen molar-refractivity contribution in [3.05, 3.63) is 12.7 Å². The Morgan fingerprint density at radius 3 is 2.40 bits per heavy atom. The minimum Gasteiger partial charge on any atom is -0.375 e. The van der Waals surface area contributed by atoms with Crippen LogP contribution in [0, 0.1) is 11.8 Å². The fourth-order valence-corrected chi connectivity index (χ4v) is 2.81. The van der Waals surface area contributed by atoms with Gasteiger partial charge in [-0.25, -0.2) is 0 Å². The fourth-order valence-electron chi connectivity index (χ4n) is 2.81. The minimum atomic E-state index is 0.372. The molecule has 1 aliphatic heterocycles. The van der Waals surface area contributed by atoms with Crippen molar-refractivity contribution in [2.45, 2.75) is 51.9 Å². The molecule has 2 heteroatoms. The summed E-state index contributed by atoms with van der Waals surface area (Å²) < 4.78 is 5.88. The monoisotopic (exact) mass is 211 g/mol. The van der Waals surface area contributed by atoms with Crippen molar-refractivity contribution in [3.63, 3.8) is 0 Å². The van der Waals surface area contributed by atoms with E-state index in [4.69, 9.17) is 4.74 Å². The van der Waals surface area contributed by atoms with Gasteiger partial charge >= 0.3 is 0 Å². The van der Waals surface area contributed by atoms with Crippen molar-refractivity contribution in [2.24, 2.45) is 11.8 Å². The van der Waals surface area contributed by atoms with Crippen LogP contribution in [-0.4, -0.2) is 25.3 Å². The molecule has 0 amide bonds. The summed E-state index contributed by atoms with van der Waals surface area (Å²) in [7, 11) is 2.05. The predicted molar refractivity (Wildman–Crippen MR) is 64.9 cm³/mol. The Hall–Kier alpha value is -0.340. The third kappa shape index (κ3) is 2.82. The summed E-state index contributed by atoms with van der Waals surface area (Å²) in [6.07, 6.45) is 5.01. The van der Waals surface area contributed by atoms with Crippen molar-refractivity contribution < 1.29 is 4.74 Å². The Kier molecular flexibility index (Phi) is 4.81. The molecule has 1 heterocycles. The van der Waals surface area contributed by atoms with Crippen LogP contribution in [0.4, 0.5) is 0 Å². The SMILES string of the molecule is C=CCCC(NC)C1C(C)OC(C)C1C. The van der Waals surface area contributed by atoms with E-state index in [0.29, 0.717) is 30.1 Å². The summed E-state index contributed by atoms with van der Waals surface area (Å²) in [4.78, 5) is 0. The number of ether oxygens (including phenoxy) is 1. The molecule has 0 aromatic rings. The molecule has 5 unspecified atom stereocenters. The van der Waals surface area contributed by atoms with Gasteiger partial charge < -0.3 is 10.1 Å². The molecular formula is C13H25NO. The molecule has 0 aromatic heterocycles. The molecule has 0 saturated carbocycles. The maximum Gasteiger partial charge on any atom is 0.0597 e. The summed E-state index contributed by atoms with van der Waals surface area (Å²) in [6.45, 7) is 10.5. The van der Waals surface area contributed by atoms with Gasteiger partial charge in [0.15, 0.2) is 0 Å². The van der Waals surface area contributed by atoms with Gasteiger partial charge in [-0.1, -0.05) is 13.0 Å². The van der Waals surface area contributed by atoms with Gasteiger partial charge in [-0.3, -0.25) is 0 Å². The summed E-state index contributed by atoms with van der Waals surface area (Å²) in [6, 6.07) is 0.554. The molecule has 0 aromatic carbocycles. The second-order valence-electron chi connectivity index (χ2n) is 4.74. The number of hydrogen-bond donors (Lipinski definition) is 1. The second kappa shape index (κ2) is 5.66. The lowest BCUT2D eigenvalue weighted by atomic mass is 9.82. The zero-order chi connectivity index (χ0) is 11.4. The first kappa shape index (κ1) is 12.7. The maximum absolute atomic E-state index is 5.88. The van der Waals surface area contributed by atoms with Crippen LogP contribution >= 0.6 is 0 Å². The van der Waals surface area contributed by atoms with Gasteiger partial charge in [0.2, 0.25) is 0 Å². The summed E-state index contributed by atoms with van der Waals surface area (Å²) in [5.74, 6) is 1.27. The van der Waals surface area contributed by atoms with Gasteiger partial charge in [-0.2, -0.15) is 0 Å². The van der Waals surface area contributed by atoms with Crippen LogP contribution in [-0.2, 0) is 4.74 Å². The topological polar surface area (TPSA) is 21.3 Å². The second-order valence-corrected chi connectivity index (χ2v) is 4.74. The number of nitrogens with one attached hydrogen (secondary N) is 1. The van der Waals surface area contributed by atoms with Gasteiger partial charge in [0, 0.05) is 12.0 Å². The Morgan fingerprint density at radius 2 is 2.00 bits per heavy atom. The van der Waals surface area contributed by atoms with Crippen LogP contribution < -0.4 is 5.32 Å². The highest BCUT2D eigenvalue weighted by Gasteiger charge is 2.40. The van der Waals surface area contributed by atoms with Crippen molar-refractivity contribution >= 4 is 0 Å². The maximum atomic E-state index is 5.88. The molecule has 1 aliphatic rings. The van der Waals surface area contributed by atoms with E-state index in [1.54, 1.807) is 0 Å². The lowest BCUT2D eigenvalue weighted by Gasteiger charge is -2.28. The molecule has 15 heavy (non-hydrogen) atoms. The first-order valence-corrected chi connectivity index (χ1v) is 6.05. The van der Waals surface area contributed by atoms with E-state index >= 15 is 0 Å². The number of hydrogen-bond acceptors (Lipinski definition) is 2. The zero-order valence-electron chi connectivity index (χ0n) is 10.5. The highest BCUT2D eigenvalue weighted by Crippen LogP contribution is 2.35. The molecule has 1 saturated heterocycles. The van der Waals surface area contributed by atoms with Gasteiger partial charge in [0.25, 0.3) is 0 Å². The highest BCUT2D eigenvalue weighted by atomic mass is 16.5. The van der Waals surface area contributed by atoms with Crippen molar-refractivity contribution in [1.82, 2.24) is 5.32 Å². The summed E-state index contributed by atoms with van der Waals surface area (Å²) >= 11 is 0. The molecule has 1 fully saturated rings. The van der Waals surface area contributed by atoms with E-state index in [1.165, 1.54) is 0 Å². The van der Waals surface area contributed by atoms with E-state index in [1.807, 2.05) is 6.08 Å². The van der Waals surface area contributed by atoms with Crippen LogP contribution in [0.1, 0.15) is 33.6 Å². The molecular weight excluding hydrogens is 186 g/mol. The molecule has 0 aliphatic carbocycles. The van der Waals surface area contributed by atoms with Gasteiger partial charge in [-0.15, -0.1) is 6.58 Å². The molecule has 88 valence electrons. The Bertz CT molecular complexity index is 205. The van der Waals surface area contributed by atoms with Crippen molar-refractivity contribution in [3.8, 4) is 0 Å². The quantitative estimate of drug-likeness (QED) is 0.706. The molecule has 0 radical (unpaired) electrons. The molecule has 2 nitrogen and oxygen atoms in total. The van der Waals surface area contributed by atoms with Gasteiger partial charge in [-0.05, 0) is 39.7 Å². The average molecular weight is 211 g/mol. The van der Waals surface area contributed by atoms with Gasteiger partial charge in [0.05, 0.1) is 12.2 Å². The van der Waals surface area contributed by atoms with E-state index in [0.717, 1.165) is 12.8 Å². The third-order valence-corrected chi connectivity index (χ3v) is 3.84. The molecule has 0 spiro atoms. The Balaban J connectivity index is 2.61. The van der Waals surface area contributed by atoms with Gasteiger partial charge in [0.1, 0.15) is 0 Å². The highest BCUT2D eigenvalue weighted by molar-refractivity contribution is 4.92. The number of allylic oxidation sites excluding steroid dienone is 1. The summed E-state index contributed by atoms with van der Waals surface area (Å²) in [5, 5.41) is 3.43. The smallest absolute Gasteiger partial charge is 0.0597 e. The summed E-state index contributed by atoms with van der Waals surface area (Å²) in [5.41, 5.74) is 0. The molecule has 1 rings (SSSR count). The third-order valence-electron chi connectivity index (χ3n) is 3.84. The van der Waals surface area contributed by atoms with E-state index in [9.17, 15) is 0 Å². The fraction of sp³-hybridized carbons (Fsp3) is 0.846. The standard InChI is InChI=1S/C13H25NO/c1-6-7-8-12(14-5)13-9(2)10(3)15-11(13)4/h6,9-14H,1,7-8H2,2-5H3. The molecule has 5 atom stereocenters. The van der Waals surface area contributed by atoms with E-state index < -0.39 is 0 Å². The lowest BCUT2D eigenvalue weighted by molar-refractivity contribution is 0.0475. The van der Waals surface area contributed by atoms with E-state index in [-0.39, 0.29) is 0 Å². The van der Waals surface area contributed by atoms with Crippen molar-refractivity contribution in [1.29, 1.82) is 0 Å². The number of rotatable bonds is 5. The van der Waals surface area contributed by atoms with Crippen LogP contribution in [0.25, 0.3) is 0 Å². The largest absolute Gasteiger partial charge is 0.375 e. The zero-order valence-corrected chi connectivity index (χ0v) is 10.5. The Morgan fingerprint density at radius 1 is 1.33 bits per heavy atom. The van der Waals surface area contributed by atoms with Crippen LogP contribution in [0.2, 0.25) is 0 Å². The minimum absolute atomic E-state index is 0.372. The van der Waals surface area contributed by atoms with Crippen LogP contribution in [0.15, 0.2) is 12.7 Å². The average Bonchev–Trinajstić information content (AvgIpc) is 2.45. The first-order chi connectivity index (χ1) is 7.11. The Labute approximate surface area is 94.1 Å². The molecule has 1 N–H and O–H groups in total.